The molecule has 9 nitrogen and oxygen atoms in total. The van der Waals surface area contributed by atoms with E-state index in [9.17, 15) is 18.0 Å². The van der Waals surface area contributed by atoms with Crippen LogP contribution in [0, 0.1) is 0 Å². The van der Waals surface area contributed by atoms with Crippen LogP contribution in [0.3, 0.4) is 0 Å². The molecule has 38 heavy (non-hydrogen) atoms. The Hall–Kier alpha value is -3.57. The number of sulfonamides is 1. The fourth-order valence-electron chi connectivity index (χ4n) is 3.85. The number of methoxy groups -OCH3 is 2. The van der Waals surface area contributed by atoms with Gasteiger partial charge in [0.2, 0.25) is 11.8 Å². The highest BCUT2D eigenvalue weighted by atomic mass is 79.9. The van der Waals surface area contributed by atoms with Gasteiger partial charge in [-0.25, -0.2) is 8.42 Å². The first kappa shape index (κ1) is 29.0. The van der Waals surface area contributed by atoms with Crippen molar-refractivity contribution in [2.75, 3.05) is 32.1 Å². The van der Waals surface area contributed by atoms with Gasteiger partial charge in [0.15, 0.2) is 11.5 Å². The van der Waals surface area contributed by atoms with Gasteiger partial charge < -0.3 is 19.7 Å². The molecule has 0 bridgehead atoms. The quantitative estimate of drug-likeness (QED) is 0.357. The summed E-state index contributed by atoms with van der Waals surface area (Å²) in [5.74, 6) is -0.230. The largest absolute Gasteiger partial charge is 0.493 e. The Kier molecular flexibility index (Phi) is 9.76. The zero-order chi connectivity index (χ0) is 27.9. The highest BCUT2D eigenvalue weighted by Crippen LogP contribution is 2.34. The van der Waals surface area contributed by atoms with Gasteiger partial charge in [0.25, 0.3) is 10.0 Å². The number of amides is 2. The first-order valence-corrected chi connectivity index (χ1v) is 13.9. The van der Waals surface area contributed by atoms with Crippen molar-refractivity contribution < 1.29 is 27.5 Å². The van der Waals surface area contributed by atoms with E-state index >= 15 is 0 Å². The molecule has 0 aliphatic heterocycles. The van der Waals surface area contributed by atoms with Crippen LogP contribution < -0.4 is 19.1 Å². The van der Waals surface area contributed by atoms with E-state index in [0.717, 1.165) is 14.3 Å². The zero-order valence-corrected chi connectivity index (χ0v) is 24.0. The molecule has 0 fully saturated rings. The summed E-state index contributed by atoms with van der Waals surface area (Å²) in [6.07, 6.45) is 0. The number of hydrogen-bond acceptors (Lipinski definition) is 6. The van der Waals surface area contributed by atoms with Crippen LogP contribution in [0.25, 0.3) is 0 Å². The third-order valence-electron chi connectivity index (χ3n) is 5.92. The molecule has 0 aromatic heterocycles. The van der Waals surface area contributed by atoms with Crippen molar-refractivity contribution in [1.82, 2.24) is 10.2 Å². The Morgan fingerprint density at radius 1 is 0.947 bits per heavy atom. The second-order valence-corrected chi connectivity index (χ2v) is 11.1. The second kappa shape index (κ2) is 12.8. The average molecular weight is 605 g/mol. The fourth-order valence-corrected chi connectivity index (χ4v) is 5.73. The molecule has 1 N–H and O–H groups in total. The Morgan fingerprint density at radius 3 is 2.24 bits per heavy atom. The average Bonchev–Trinajstić information content (AvgIpc) is 2.93. The van der Waals surface area contributed by atoms with Gasteiger partial charge in [0.1, 0.15) is 12.6 Å². The number of carbonyl (C=O) groups is 2. The summed E-state index contributed by atoms with van der Waals surface area (Å²) in [7, 11) is 0.215. The number of halogens is 1. The topological polar surface area (TPSA) is 105 Å². The van der Waals surface area contributed by atoms with Gasteiger partial charge in [0, 0.05) is 24.1 Å². The number of benzene rings is 3. The molecule has 0 aliphatic carbocycles. The van der Waals surface area contributed by atoms with E-state index in [2.05, 4.69) is 21.2 Å². The van der Waals surface area contributed by atoms with Crippen molar-refractivity contribution in [3.05, 3.63) is 82.8 Å². The molecule has 3 aromatic rings. The summed E-state index contributed by atoms with van der Waals surface area (Å²) < 4.78 is 40.1. The van der Waals surface area contributed by atoms with Crippen LogP contribution in [0.4, 0.5) is 5.69 Å². The van der Waals surface area contributed by atoms with Gasteiger partial charge in [-0.1, -0.05) is 46.3 Å². The lowest BCUT2D eigenvalue weighted by molar-refractivity contribution is -0.139. The number of rotatable bonds is 11. The van der Waals surface area contributed by atoms with Crippen LogP contribution >= 0.6 is 15.9 Å². The molecule has 11 heteroatoms. The first-order valence-electron chi connectivity index (χ1n) is 11.7. The van der Waals surface area contributed by atoms with E-state index < -0.39 is 28.5 Å². The number of ether oxygens (including phenoxy) is 2. The number of carbonyl (C=O) groups excluding carboxylic acids is 2. The first-order chi connectivity index (χ1) is 18.1. The number of nitrogens with zero attached hydrogens (tertiary/aromatic N) is 2. The van der Waals surface area contributed by atoms with E-state index in [1.165, 1.54) is 50.4 Å². The van der Waals surface area contributed by atoms with E-state index in [0.29, 0.717) is 11.5 Å². The fraction of sp³-hybridized carbons (Fsp3) is 0.259. The van der Waals surface area contributed by atoms with E-state index in [1.807, 2.05) is 24.3 Å². The number of nitrogens with one attached hydrogen (secondary N) is 1. The molecule has 2 amide bonds. The normalized spacial score (nSPS) is 11.8. The Bertz CT molecular complexity index is 1380. The van der Waals surface area contributed by atoms with Crippen molar-refractivity contribution >= 4 is 43.5 Å². The van der Waals surface area contributed by atoms with Gasteiger partial charge in [-0.05, 0) is 48.9 Å². The molecule has 3 aromatic carbocycles. The Labute approximate surface area is 231 Å². The molecular weight excluding hydrogens is 574 g/mol. The molecule has 0 radical (unpaired) electrons. The zero-order valence-electron chi connectivity index (χ0n) is 21.5. The maximum Gasteiger partial charge on any atom is 0.264 e. The highest BCUT2D eigenvalue weighted by Gasteiger charge is 2.32. The summed E-state index contributed by atoms with van der Waals surface area (Å²) >= 11 is 3.42. The summed E-state index contributed by atoms with van der Waals surface area (Å²) in [6.45, 7) is 1.14. The van der Waals surface area contributed by atoms with Crippen LogP contribution in [0.1, 0.15) is 12.5 Å². The molecule has 0 heterocycles. The molecule has 1 atom stereocenters. The van der Waals surface area contributed by atoms with Crippen molar-refractivity contribution in [1.29, 1.82) is 0 Å². The van der Waals surface area contributed by atoms with Gasteiger partial charge >= 0.3 is 0 Å². The lowest BCUT2D eigenvalue weighted by atomic mass is 10.1. The van der Waals surface area contributed by atoms with Crippen LogP contribution in [-0.2, 0) is 26.2 Å². The van der Waals surface area contributed by atoms with Crippen LogP contribution in [0.2, 0.25) is 0 Å². The number of hydrogen-bond donors (Lipinski definition) is 1. The minimum absolute atomic E-state index is 0.0143. The predicted octanol–water partition coefficient (Wildman–Crippen LogP) is 3.82. The lowest BCUT2D eigenvalue weighted by Crippen LogP contribution is -2.50. The maximum absolute atomic E-state index is 13.8. The Balaban J connectivity index is 2.08. The smallest absolute Gasteiger partial charge is 0.264 e. The maximum atomic E-state index is 13.8. The highest BCUT2D eigenvalue weighted by molar-refractivity contribution is 9.10. The van der Waals surface area contributed by atoms with Gasteiger partial charge in [-0.2, -0.15) is 0 Å². The van der Waals surface area contributed by atoms with E-state index in [1.54, 1.807) is 31.2 Å². The molecule has 0 saturated heterocycles. The minimum atomic E-state index is -4.18. The van der Waals surface area contributed by atoms with Crippen molar-refractivity contribution in [2.24, 2.45) is 0 Å². The minimum Gasteiger partial charge on any atom is -0.493 e. The van der Waals surface area contributed by atoms with E-state index in [-0.39, 0.29) is 23.0 Å². The molecule has 202 valence electrons. The monoisotopic (exact) mass is 603 g/mol. The van der Waals surface area contributed by atoms with Gasteiger partial charge in [-0.15, -0.1) is 0 Å². The van der Waals surface area contributed by atoms with E-state index in [4.69, 9.17) is 9.47 Å². The molecule has 0 unspecified atom stereocenters. The summed E-state index contributed by atoms with van der Waals surface area (Å²) in [6, 6.07) is 18.9. The molecule has 0 saturated carbocycles. The Morgan fingerprint density at radius 2 is 1.63 bits per heavy atom. The summed E-state index contributed by atoms with van der Waals surface area (Å²) in [4.78, 5) is 27.7. The van der Waals surface area contributed by atoms with Crippen molar-refractivity contribution in [3.8, 4) is 11.5 Å². The third kappa shape index (κ3) is 6.65. The summed E-state index contributed by atoms with van der Waals surface area (Å²) in [5.41, 5.74) is 0.974. The lowest BCUT2D eigenvalue weighted by Gasteiger charge is -2.32. The van der Waals surface area contributed by atoms with Gasteiger partial charge in [-0.3, -0.25) is 13.9 Å². The molecular formula is C27H30BrN3O6S. The molecule has 0 aliphatic rings. The standard InChI is InChI=1S/C27H30BrN3O6S/c1-19(27(33)29-2)30(17-20-9-8-10-21(28)15-20)26(32)18-31(38(34,35)23-11-6-5-7-12-23)22-13-14-24(36-3)25(16-22)37-4/h5-16,19H,17-18H2,1-4H3,(H,29,33)/t19-/m1/s1. The van der Waals surface area contributed by atoms with Crippen LogP contribution in [0.15, 0.2) is 82.2 Å². The molecule has 3 rings (SSSR count). The second-order valence-electron chi connectivity index (χ2n) is 8.31. The predicted molar refractivity (Wildman–Crippen MR) is 149 cm³/mol. The van der Waals surface area contributed by atoms with Crippen LogP contribution in [0.5, 0.6) is 11.5 Å². The van der Waals surface area contributed by atoms with Gasteiger partial charge in [0.05, 0.1) is 24.8 Å². The molecule has 0 spiro atoms. The number of likely N-dealkylation sites (N-methyl/N-ethyl adjacent to an activating group) is 1. The SMILES string of the molecule is CNC(=O)[C@@H](C)N(Cc1cccc(Br)c1)C(=O)CN(c1ccc(OC)c(OC)c1)S(=O)(=O)c1ccccc1. The summed E-state index contributed by atoms with van der Waals surface area (Å²) in [5, 5.41) is 2.56. The van der Waals surface area contributed by atoms with Crippen molar-refractivity contribution in [3.63, 3.8) is 0 Å². The van der Waals surface area contributed by atoms with Crippen molar-refractivity contribution in [2.45, 2.75) is 24.4 Å². The number of anilines is 1. The van der Waals surface area contributed by atoms with Crippen LogP contribution in [-0.4, -0.2) is 59.0 Å². The third-order valence-corrected chi connectivity index (χ3v) is 8.20.